The molecule has 28 heavy (non-hydrogen) atoms. The number of urea groups is 1. The van der Waals surface area contributed by atoms with Gasteiger partial charge in [-0.1, -0.05) is 19.0 Å². The average molecular weight is 414 g/mol. The van der Waals surface area contributed by atoms with E-state index in [2.05, 4.69) is 10.1 Å². The Bertz CT molecular complexity index is 1080. The van der Waals surface area contributed by atoms with Crippen molar-refractivity contribution in [2.75, 3.05) is 20.2 Å². The molecule has 0 spiro atoms. The molecule has 10 heteroatoms. The summed E-state index contributed by atoms with van der Waals surface area (Å²) in [5, 5.41) is 2.50. The zero-order valence-corrected chi connectivity index (χ0v) is 16.1. The first-order valence-corrected chi connectivity index (χ1v) is 9.59. The van der Waals surface area contributed by atoms with E-state index in [9.17, 15) is 22.8 Å². The van der Waals surface area contributed by atoms with Crippen molar-refractivity contribution in [3.8, 4) is 0 Å². The number of rotatable bonds is 6. The molecular weight excluding hydrogens is 386 g/mol. The van der Waals surface area contributed by atoms with Crippen molar-refractivity contribution in [3.05, 3.63) is 41.0 Å². The van der Waals surface area contributed by atoms with E-state index < -0.39 is 46.9 Å². The number of carbonyl (C=O) groups excluding carboxylic acids is 3. The van der Waals surface area contributed by atoms with E-state index >= 15 is 0 Å². The average Bonchev–Trinajstić information content (AvgIpc) is 3.01. The molecule has 0 saturated carbocycles. The highest BCUT2D eigenvalue weighted by molar-refractivity contribution is 7.90. The van der Waals surface area contributed by atoms with Gasteiger partial charge in [0.25, 0.3) is 15.9 Å². The van der Waals surface area contributed by atoms with Crippen LogP contribution in [0.15, 0.2) is 40.3 Å². The Kier molecular flexibility index (Phi) is 4.78. The fraction of sp³-hybridized carbons (Fsp3) is 0.389. The van der Waals surface area contributed by atoms with Crippen LogP contribution in [0.5, 0.6) is 0 Å². The second kappa shape index (κ2) is 8.87. The fourth-order valence-corrected chi connectivity index (χ4v) is 3.40. The molecule has 0 unspecified atom stereocenters. The summed E-state index contributed by atoms with van der Waals surface area (Å²) >= 11 is 0. The molecule has 9 nitrogen and oxygen atoms in total. The number of imide groups is 1. The Morgan fingerprint density at radius 3 is 2.61 bits per heavy atom. The van der Waals surface area contributed by atoms with Gasteiger partial charge in [-0.2, -0.15) is 0 Å². The molecule has 152 valence electrons. The normalized spacial score (nSPS) is 17.9. The van der Waals surface area contributed by atoms with Gasteiger partial charge in [0.1, 0.15) is 0 Å². The van der Waals surface area contributed by atoms with Gasteiger partial charge < -0.3 is 10.1 Å². The zero-order chi connectivity index (χ0) is 25.2. The molecular formula is C18H23N3O6S. The first kappa shape index (κ1) is 15.1. The molecule has 0 fully saturated rings. The van der Waals surface area contributed by atoms with Gasteiger partial charge in [-0.25, -0.2) is 22.7 Å². The SMILES string of the molecule is [2H]C([2H])([2H])C([2H])([2H])C1=C(C)CN(C(=O)NCCc2ccc(S(=O)(=O)NC(=O)OC)cc2)C1=O. The van der Waals surface area contributed by atoms with Crippen LogP contribution in [0.1, 0.15) is 32.6 Å². The van der Waals surface area contributed by atoms with Gasteiger partial charge in [-0.15, -0.1) is 0 Å². The molecule has 0 aliphatic carbocycles. The lowest BCUT2D eigenvalue weighted by Gasteiger charge is -2.16. The number of hydrogen-bond donors (Lipinski definition) is 2. The first-order valence-electron chi connectivity index (χ1n) is 10.6. The Labute approximate surface area is 170 Å². The number of amides is 4. The molecule has 4 amide bonds. The van der Waals surface area contributed by atoms with Crippen LogP contribution >= 0.6 is 0 Å². The van der Waals surface area contributed by atoms with E-state index in [1.807, 2.05) is 0 Å². The van der Waals surface area contributed by atoms with Crippen LogP contribution in [0.4, 0.5) is 9.59 Å². The third-order valence-corrected chi connectivity index (χ3v) is 5.31. The summed E-state index contributed by atoms with van der Waals surface area (Å²) in [7, 11) is -3.06. The number of nitrogens with zero attached hydrogens (tertiary/aromatic N) is 1. The number of methoxy groups -OCH3 is 1. The molecule has 1 aromatic carbocycles. The summed E-state index contributed by atoms with van der Waals surface area (Å²) in [6, 6.07) is 4.69. The van der Waals surface area contributed by atoms with Gasteiger partial charge in [0.05, 0.1) is 18.6 Å². The third-order valence-electron chi connectivity index (χ3n) is 3.98. The van der Waals surface area contributed by atoms with Crippen molar-refractivity contribution < 1.29 is 34.4 Å². The van der Waals surface area contributed by atoms with Crippen molar-refractivity contribution in [1.82, 2.24) is 14.9 Å². The van der Waals surface area contributed by atoms with Crippen molar-refractivity contribution in [3.63, 3.8) is 0 Å². The smallest absolute Gasteiger partial charge is 0.420 e. The van der Waals surface area contributed by atoms with Crippen molar-refractivity contribution in [1.29, 1.82) is 0 Å². The number of benzene rings is 1. The van der Waals surface area contributed by atoms with Crippen LogP contribution in [0.3, 0.4) is 0 Å². The first-order chi connectivity index (χ1) is 15.1. The Morgan fingerprint density at radius 2 is 2.00 bits per heavy atom. The van der Waals surface area contributed by atoms with Gasteiger partial charge in [-0.05, 0) is 43.0 Å². The minimum Gasteiger partial charge on any atom is -0.452 e. The van der Waals surface area contributed by atoms with Crippen LogP contribution in [-0.2, 0) is 26.0 Å². The summed E-state index contributed by atoms with van der Waals surface area (Å²) in [4.78, 5) is 36.6. The minimum atomic E-state index is -4.09. The molecule has 2 rings (SSSR count). The summed E-state index contributed by atoms with van der Waals surface area (Å²) < 4.78 is 67.7. The van der Waals surface area contributed by atoms with Gasteiger partial charge in [0, 0.05) is 19.0 Å². The van der Waals surface area contributed by atoms with Crippen LogP contribution in [-0.4, -0.2) is 51.5 Å². The monoisotopic (exact) mass is 414 g/mol. The zero-order valence-electron chi connectivity index (χ0n) is 20.2. The molecule has 0 bridgehead atoms. The maximum absolute atomic E-state index is 12.5. The van der Waals surface area contributed by atoms with Gasteiger partial charge >= 0.3 is 12.1 Å². The largest absolute Gasteiger partial charge is 0.452 e. The third kappa shape index (κ3) is 4.89. The molecule has 0 radical (unpaired) electrons. The van der Waals surface area contributed by atoms with Crippen LogP contribution in [0, 0.1) is 0 Å². The molecule has 1 aromatic rings. The van der Waals surface area contributed by atoms with Crippen LogP contribution in [0.2, 0.25) is 0 Å². The van der Waals surface area contributed by atoms with Crippen molar-refractivity contribution >= 4 is 28.1 Å². The number of sulfonamides is 1. The summed E-state index contributed by atoms with van der Waals surface area (Å²) in [5.41, 5.74) is 0.262. The second-order valence-electron chi connectivity index (χ2n) is 5.89. The highest BCUT2D eigenvalue weighted by Crippen LogP contribution is 2.21. The maximum atomic E-state index is 12.5. The Morgan fingerprint density at radius 1 is 1.32 bits per heavy atom. The van der Waals surface area contributed by atoms with E-state index in [0.29, 0.717) is 5.56 Å². The van der Waals surface area contributed by atoms with Gasteiger partial charge in [0.2, 0.25) is 0 Å². The summed E-state index contributed by atoms with van der Waals surface area (Å²) in [6.45, 7) is -1.84. The van der Waals surface area contributed by atoms with Crippen molar-refractivity contribution in [2.45, 2.75) is 31.5 Å². The van der Waals surface area contributed by atoms with Crippen molar-refractivity contribution in [2.24, 2.45) is 0 Å². The molecule has 1 aliphatic rings. The number of hydrogen-bond acceptors (Lipinski definition) is 6. The molecule has 1 aliphatic heterocycles. The number of nitrogens with one attached hydrogen (secondary N) is 2. The highest BCUT2D eigenvalue weighted by atomic mass is 32.2. The quantitative estimate of drug-likeness (QED) is 0.728. The molecule has 2 N–H and O–H groups in total. The standard InChI is InChI=1S/C18H23N3O6S/c1-4-15-12(2)11-21(16(15)22)17(23)19-10-9-13-5-7-14(8-6-13)28(25,26)20-18(24)27-3/h5-8H,4,9-11H2,1-3H3,(H,19,23)(H,20,24)/i1D3,4D2. The lowest BCUT2D eigenvalue weighted by molar-refractivity contribution is -0.123. The number of ether oxygens (including phenoxy) is 1. The van der Waals surface area contributed by atoms with Crippen LogP contribution < -0.4 is 10.0 Å². The van der Waals surface area contributed by atoms with E-state index in [1.165, 1.54) is 31.2 Å². The van der Waals surface area contributed by atoms with E-state index in [-0.39, 0.29) is 30.0 Å². The lowest BCUT2D eigenvalue weighted by Crippen LogP contribution is -2.42. The Hall–Kier alpha value is -2.88. The van der Waals surface area contributed by atoms with Gasteiger partial charge in [0.15, 0.2) is 0 Å². The maximum Gasteiger partial charge on any atom is 0.420 e. The predicted octanol–water partition coefficient (Wildman–Crippen LogP) is 1.55. The molecule has 0 saturated heterocycles. The minimum absolute atomic E-state index is 0.0651. The molecule has 0 aromatic heterocycles. The van der Waals surface area contributed by atoms with E-state index in [4.69, 9.17) is 6.85 Å². The van der Waals surface area contributed by atoms with Gasteiger partial charge in [-0.3, -0.25) is 9.69 Å². The fourth-order valence-electron chi connectivity index (χ4n) is 2.48. The topological polar surface area (TPSA) is 122 Å². The summed E-state index contributed by atoms with van der Waals surface area (Å²) in [5.74, 6) is -1.00. The number of carbonyl (C=O) groups is 3. The highest BCUT2D eigenvalue weighted by Gasteiger charge is 2.31. The Balaban J connectivity index is 1.96. The predicted molar refractivity (Wildman–Crippen MR) is 101 cm³/mol. The summed E-state index contributed by atoms with van der Waals surface area (Å²) in [6.07, 6.45) is -3.75. The second-order valence-corrected chi connectivity index (χ2v) is 7.58. The molecule has 0 atom stereocenters. The van der Waals surface area contributed by atoms with E-state index in [1.54, 1.807) is 4.72 Å². The van der Waals surface area contributed by atoms with Crippen LogP contribution in [0.25, 0.3) is 0 Å². The lowest BCUT2D eigenvalue weighted by atomic mass is 10.1. The molecule has 1 heterocycles. The van der Waals surface area contributed by atoms with E-state index in [0.717, 1.165) is 12.0 Å².